The number of fused-ring (bicyclic) bond motifs is 1. The average molecular weight is 338 g/mol. The maximum Gasteiger partial charge on any atom is 0.169 e. The van der Waals surface area contributed by atoms with Crippen LogP contribution in [0.2, 0.25) is 0 Å². The fourth-order valence-corrected chi connectivity index (χ4v) is 3.29. The second-order valence-corrected chi connectivity index (χ2v) is 6.18. The molecule has 1 aliphatic carbocycles. The molecule has 0 amide bonds. The van der Waals surface area contributed by atoms with E-state index in [1.165, 1.54) is 37.8 Å². The number of rotatable bonds is 2. The molecule has 0 unspecified atom stereocenters. The van der Waals surface area contributed by atoms with Crippen LogP contribution in [0.3, 0.4) is 0 Å². The topological polar surface area (TPSA) is 30.2 Å². The smallest absolute Gasteiger partial charge is 0.169 e. The fraction of sp³-hybridized carbons (Fsp3) is 0.625. The minimum absolute atomic E-state index is 0.829. The van der Waals surface area contributed by atoms with Crippen LogP contribution in [-0.4, -0.2) is 14.6 Å². The highest BCUT2D eigenvalue weighted by molar-refractivity contribution is 9.10. The van der Waals surface area contributed by atoms with Crippen molar-refractivity contribution in [1.82, 2.24) is 14.6 Å². The maximum atomic E-state index is 4.74. The van der Waals surface area contributed by atoms with Gasteiger partial charge in [-0.05, 0) is 41.3 Å². The molecule has 1 aliphatic rings. The molecule has 1 saturated carbocycles. The summed E-state index contributed by atoms with van der Waals surface area (Å²) in [7, 11) is 0. The van der Waals surface area contributed by atoms with E-state index >= 15 is 0 Å². The molecule has 20 heavy (non-hydrogen) atoms. The summed E-state index contributed by atoms with van der Waals surface area (Å²) >= 11 is 3.51. The van der Waals surface area contributed by atoms with Crippen LogP contribution < -0.4 is 0 Å². The molecule has 3 nitrogen and oxygen atoms in total. The van der Waals surface area contributed by atoms with E-state index in [9.17, 15) is 0 Å². The van der Waals surface area contributed by atoms with Crippen LogP contribution in [-0.2, 0) is 6.42 Å². The van der Waals surface area contributed by atoms with Crippen molar-refractivity contribution in [2.24, 2.45) is 5.92 Å². The fourth-order valence-electron chi connectivity index (χ4n) is 2.94. The standard InChI is InChI=1S/C14H18BrN3.C2H6/c1-10-7-12(8-11-5-3-2-4-6-11)17-14-13(15)9-16-18(10)14;1-2/h7,9,11H,2-6,8H2,1H3;1-2H3. The first-order valence-corrected chi connectivity index (χ1v) is 8.53. The molecule has 0 spiro atoms. The van der Waals surface area contributed by atoms with E-state index in [0.29, 0.717) is 0 Å². The Morgan fingerprint density at radius 2 is 1.95 bits per heavy atom. The quantitative estimate of drug-likeness (QED) is 0.776. The lowest BCUT2D eigenvalue weighted by Crippen LogP contribution is -2.11. The molecule has 0 bridgehead atoms. The number of hydrogen-bond donors (Lipinski definition) is 0. The first-order valence-electron chi connectivity index (χ1n) is 7.74. The molecule has 0 aromatic carbocycles. The van der Waals surface area contributed by atoms with Crippen LogP contribution in [0.5, 0.6) is 0 Å². The van der Waals surface area contributed by atoms with Crippen molar-refractivity contribution in [2.75, 3.05) is 0 Å². The van der Waals surface area contributed by atoms with Crippen LogP contribution in [0.4, 0.5) is 0 Å². The molecule has 110 valence electrons. The van der Waals surface area contributed by atoms with Crippen LogP contribution in [0.15, 0.2) is 16.7 Å². The summed E-state index contributed by atoms with van der Waals surface area (Å²) in [6, 6.07) is 2.18. The summed E-state index contributed by atoms with van der Waals surface area (Å²) in [5.74, 6) is 0.829. The minimum atomic E-state index is 0.829. The number of aryl methyl sites for hydroxylation is 1. The van der Waals surface area contributed by atoms with E-state index in [-0.39, 0.29) is 0 Å². The van der Waals surface area contributed by atoms with Gasteiger partial charge in [-0.15, -0.1) is 0 Å². The van der Waals surface area contributed by atoms with Crippen molar-refractivity contribution < 1.29 is 0 Å². The Bertz CT molecular complexity index is 556. The van der Waals surface area contributed by atoms with Gasteiger partial charge in [-0.2, -0.15) is 5.10 Å². The van der Waals surface area contributed by atoms with Gasteiger partial charge < -0.3 is 0 Å². The summed E-state index contributed by atoms with van der Waals surface area (Å²) in [4.78, 5) is 4.74. The molecule has 2 aromatic rings. The molecular weight excluding hydrogens is 314 g/mol. The molecule has 0 N–H and O–H groups in total. The van der Waals surface area contributed by atoms with Crippen molar-refractivity contribution in [3.05, 3.63) is 28.1 Å². The van der Waals surface area contributed by atoms with E-state index in [2.05, 4.69) is 34.0 Å². The van der Waals surface area contributed by atoms with E-state index in [0.717, 1.165) is 28.2 Å². The summed E-state index contributed by atoms with van der Waals surface area (Å²) < 4.78 is 2.88. The van der Waals surface area contributed by atoms with Gasteiger partial charge in [0.15, 0.2) is 5.65 Å². The molecule has 3 rings (SSSR count). The molecule has 0 saturated heterocycles. The second kappa shape index (κ2) is 7.21. The van der Waals surface area contributed by atoms with Gasteiger partial charge in [0.25, 0.3) is 0 Å². The average Bonchev–Trinajstić information content (AvgIpc) is 2.85. The number of halogens is 1. The van der Waals surface area contributed by atoms with Gasteiger partial charge >= 0.3 is 0 Å². The summed E-state index contributed by atoms with van der Waals surface area (Å²) in [5, 5.41) is 4.31. The van der Waals surface area contributed by atoms with Crippen molar-refractivity contribution in [3.63, 3.8) is 0 Å². The zero-order valence-electron chi connectivity index (χ0n) is 12.7. The second-order valence-electron chi connectivity index (χ2n) is 5.32. The molecule has 2 heterocycles. The van der Waals surface area contributed by atoms with Crippen LogP contribution >= 0.6 is 15.9 Å². The highest BCUT2D eigenvalue weighted by atomic mass is 79.9. The van der Waals surface area contributed by atoms with Crippen LogP contribution in [0.25, 0.3) is 5.65 Å². The molecule has 1 fully saturated rings. The Morgan fingerprint density at radius 3 is 2.65 bits per heavy atom. The highest BCUT2D eigenvalue weighted by Crippen LogP contribution is 2.27. The predicted octanol–water partition coefficient (Wildman–Crippen LogP) is 4.95. The Hall–Kier alpha value is -0.900. The van der Waals surface area contributed by atoms with Gasteiger partial charge in [0.05, 0.1) is 10.7 Å². The maximum absolute atomic E-state index is 4.74. The first kappa shape index (κ1) is 15.5. The third kappa shape index (κ3) is 3.40. The third-order valence-electron chi connectivity index (χ3n) is 3.88. The van der Waals surface area contributed by atoms with Crippen LogP contribution in [0, 0.1) is 12.8 Å². The van der Waals surface area contributed by atoms with Gasteiger partial charge in [0, 0.05) is 11.4 Å². The minimum Gasteiger partial charge on any atom is -0.233 e. The van der Waals surface area contributed by atoms with E-state index in [1.54, 1.807) is 0 Å². The SMILES string of the molecule is CC.Cc1cc(CC2CCCCC2)nc2c(Br)cnn12. The number of aromatic nitrogens is 3. The monoisotopic (exact) mass is 337 g/mol. The van der Waals surface area contributed by atoms with Gasteiger partial charge in [-0.1, -0.05) is 46.0 Å². The third-order valence-corrected chi connectivity index (χ3v) is 4.44. The molecule has 0 aliphatic heterocycles. The largest absolute Gasteiger partial charge is 0.233 e. The van der Waals surface area contributed by atoms with Gasteiger partial charge in [0.2, 0.25) is 0 Å². The summed E-state index contributed by atoms with van der Waals surface area (Å²) in [5.41, 5.74) is 3.32. The lowest BCUT2D eigenvalue weighted by atomic mass is 9.86. The Kier molecular flexibility index (Phi) is 5.58. The van der Waals surface area contributed by atoms with Crippen LogP contribution in [0.1, 0.15) is 57.3 Å². The first-order chi connectivity index (χ1) is 9.74. The van der Waals surface area contributed by atoms with E-state index in [1.807, 2.05) is 24.6 Å². The Morgan fingerprint density at radius 1 is 1.25 bits per heavy atom. The zero-order chi connectivity index (χ0) is 14.5. The van der Waals surface area contributed by atoms with Crippen molar-refractivity contribution in [1.29, 1.82) is 0 Å². The van der Waals surface area contributed by atoms with Gasteiger partial charge in [-0.25, -0.2) is 9.50 Å². The lowest BCUT2D eigenvalue weighted by molar-refractivity contribution is 0.354. The highest BCUT2D eigenvalue weighted by Gasteiger charge is 2.16. The predicted molar refractivity (Wildman–Crippen MR) is 87.1 cm³/mol. The lowest BCUT2D eigenvalue weighted by Gasteiger charge is -2.21. The number of nitrogens with zero attached hydrogens (tertiary/aromatic N) is 3. The molecule has 2 aromatic heterocycles. The van der Waals surface area contributed by atoms with E-state index in [4.69, 9.17) is 4.98 Å². The van der Waals surface area contributed by atoms with Crippen molar-refractivity contribution in [2.45, 2.75) is 59.3 Å². The summed E-state index contributed by atoms with van der Waals surface area (Å²) in [6.07, 6.45) is 9.87. The van der Waals surface area contributed by atoms with Gasteiger partial charge in [0.1, 0.15) is 0 Å². The molecule has 0 radical (unpaired) electrons. The van der Waals surface area contributed by atoms with Crippen molar-refractivity contribution >= 4 is 21.6 Å². The molecular formula is C16H24BrN3. The molecule has 4 heteroatoms. The number of hydrogen-bond acceptors (Lipinski definition) is 2. The normalized spacial score (nSPS) is 16.0. The zero-order valence-corrected chi connectivity index (χ0v) is 14.3. The van der Waals surface area contributed by atoms with E-state index < -0.39 is 0 Å². The van der Waals surface area contributed by atoms with Crippen molar-refractivity contribution in [3.8, 4) is 0 Å². The van der Waals surface area contributed by atoms with Gasteiger partial charge in [-0.3, -0.25) is 0 Å². The molecule has 0 atom stereocenters. The Labute approximate surface area is 129 Å². The summed E-state index contributed by atoms with van der Waals surface area (Å²) in [6.45, 7) is 6.10. The Balaban J connectivity index is 0.000000704.